The maximum atomic E-state index is 4.83. The van der Waals surface area contributed by atoms with E-state index in [-0.39, 0.29) is 0 Å². The minimum Gasteiger partial charge on any atom is -0.382 e. The Morgan fingerprint density at radius 2 is 1.00 bits per heavy atom. The number of fused-ring (bicyclic) bond motifs is 2. The molecule has 98 valence electrons. The van der Waals surface area contributed by atoms with Crippen LogP contribution in [0.4, 0.5) is 0 Å². The van der Waals surface area contributed by atoms with Gasteiger partial charge < -0.3 is 4.74 Å². The standard InChI is InChI=1S/C12H8N2.C4H10O/c1-2-6-10-9(5-1)13-11-7-3-4-8-12(11)14-10;1-3-5-4-2/h1-8H;3-4H2,1-2H3. The molecule has 2 aromatic carbocycles. The van der Waals surface area contributed by atoms with Gasteiger partial charge in [0.1, 0.15) is 0 Å². The van der Waals surface area contributed by atoms with E-state index in [1.54, 1.807) is 0 Å². The van der Waals surface area contributed by atoms with Gasteiger partial charge in [0.2, 0.25) is 0 Å². The van der Waals surface area contributed by atoms with Gasteiger partial charge in [0, 0.05) is 13.2 Å². The highest BCUT2D eigenvalue weighted by atomic mass is 16.5. The van der Waals surface area contributed by atoms with Crippen LogP contribution in [-0.2, 0) is 4.74 Å². The molecule has 0 bridgehead atoms. The van der Waals surface area contributed by atoms with E-state index in [1.165, 1.54) is 0 Å². The number of nitrogens with zero attached hydrogens (tertiary/aromatic N) is 2. The molecule has 0 unspecified atom stereocenters. The van der Waals surface area contributed by atoms with Crippen molar-refractivity contribution in [1.29, 1.82) is 0 Å². The molecule has 0 aliphatic carbocycles. The zero-order chi connectivity index (χ0) is 13.5. The van der Waals surface area contributed by atoms with E-state index in [0.29, 0.717) is 0 Å². The smallest absolute Gasteiger partial charge is 0.0894 e. The summed E-state index contributed by atoms with van der Waals surface area (Å²) in [4.78, 5) is 9.03. The first-order valence-corrected chi connectivity index (χ1v) is 6.54. The molecule has 0 N–H and O–H groups in total. The molecule has 19 heavy (non-hydrogen) atoms. The molecular formula is C16H18N2O. The molecule has 0 spiro atoms. The lowest BCUT2D eigenvalue weighted by Gasteiger charge is -1.98. The van der Waals surface area contributed by atoms with Gasteiger partial charge in [0.25, 0.3) is 0 Å². The Balaban J connectivity index is 0.000000232. The Morgan fingerprint density at radius 1 is 0.684 bits per heavy atom. The van der Waals surface area contributed by atoms with E-state index in [4.69, 9.17) is 4.74 Å². The van der Waals surface area contributed by atoms with E-state index >= 15 is 0 Å². The quantitative estimate of drug-likeness (QED) is 0.652. The van der Waals surface area contributed by atoms with Gasteiger partial charge in [-0.15, -0.1) is 0 Å². The molecule has 0 radical (unpaired) electrons. The Kier molecular flexibility index (Phi) is 4.81. The molecule has 0 saturated carbocycles. The third kappa shape index (κ3) is 3.48. The molecule has 0 fully saturated rings. The summed E-state index contributed by atoms with van der Waals surface area (Å²) < 4.78 is 4.83. The molecular weight excluding hydrogens is 236 g/mol. The Hall–Kier alpha value is -2.00. The predicted octanol–water partition coefficient (Wildman–Crippen LogP) is 3.83. The summed E-state index contributed by atoms with van der Waals surface area (Å²) in [6.07, 6.45) is 0. The van der Waals surface area contributed by atoms with Crippen molar-refractivity contribution in [3.8, 4) is 0 Å². The van der Waals surface area contributed by atoms with E-state index in [2.05, 4.69) is 9.97 Å². The van der Waals surface area contributed by atoms with Gasteiger partial charge in [-0.2, -0.15) is 0 Å². The zero-order valence-corrected chi connectivity index (χ0v) is 11.3. The molecule has 0 saturated heterocycles. The van der Waals surface area contributed by atoms with Crippen LogP contribution in [0, 0.1) is 0 Å². The van der Waals surface area contributed by atoms with Gasteiger partial charge in [-0.05, 0) is 38.1 Å². The van der Waals surface area contributed by atoms with E-state index < -0.39 is 0 Å². The molecule has 3 rings (SSSR count). The van der Waals surface area contributed by atoms with Crippen LogP contribution >= 0.6 is 0 Å². The number of hydrogen-bond acceptors (Lipinski definition) is 3. The zero-order valence-electron chi connectivity index (χ0n) is 11.3. The monoisotopic (exact) mass is 254 g/mol. The van der Waals surface area contributed by atoms with Gasteiger partial charge in [-0.25, -0.2) is 9.97 Å². The fourth-order valence-corrected chi connectivity index (χ4v) is 1.77. The minimum atomic E-state index is 0.844. The largest absolute Gasteiger partial charge is 0.382 e. The normalized spacial score (nSPS) is 10.2. The lowest BCUT2D eigenvalue weighted by atomic mass is 10.2. The first-order valence-electron chi connectivity index (χ1n) is 6.54. The second-order valence-corrected chi connectivity index (χ2v) is 3.98. The van der Waals surface area contributed by atoms with Crippen LogP contribution in [-0.4, -0.2) is 23.2 Å². The van der Waals surface area contributed by atoms with E-state index in [9.17, 15) is 0 Å². The highest BCUT2D eigenvalue weighted by Crippen LogP contribution is 2.14. The van der Waals surface area contributed by atoms with Crippen LogP contribution in [0.2, 0.25) is 0 Å². The van der Waals surface area contributed by atoms with Gasteiger partial charge in [0.05, 0.1) is 22.1 Å². The molecule has 0 aliphatic rings. The van der Waals surface area contributed by atoms with Crippen molar-refractivity contribution in [3.63, 3.8) is 0 Å². The van der Waals surface area contributed by atoms with Crippen LogP contribution in [0.15, 0.2) is 48.5 Å². The van der Waals surface area contributed by atoms with Crippen LogP contribution in [0.1, 0.15) is 13.8 Å². The van der Waals surface area contributed by atoms with Crippen molar-refractivity contribution in [1.82, 2.24) is 9.97 Å². The lowest BCUT2D eigenvalue weighted by molar-refractivity contribution is 0.162. The highest BCUT2D eigenvalue weighted by Gasteiger charge is 1.98. The Morgan fingerprint density at radius 3 is 1.21 bits per heavy atom. The third-order valence-electron chi connectivity index (χ3n) is 2.65. The number of rotatable bonds is 2. The van der Waals surface area contributed by atoms with Crippen molar-refractivity contribution in [2.45, 2.75) is 13.8 Å². The first kappa shape index (κ1) is 13.4. The minimum absolute atomic E-state index is 0.844. The van der Waals surface area contributed by atoms with Gasteiger partial charge in [0.15, 0.2) is 0 Å². The summed E-state index contributed by atoms with van der Waals surface area (Å²) in [5.74, 6) is 0. The van der Waals surface area contributed by atoms with Crippen molar-refractivity contribution in [2.24, 2.45) is 0 Å². The number of hydrogen-bond donors (Lipinski definition) is 0. The van der Waals surface area contributed by atoms with E-state index in [0.717, 1.165) is 35.3 Å². The van der Waals surface area contributed by atoms with Gasteiger partial charge in [-0.3, -0.25) is 0 Å². The maximum Gasteiger partial charge on any atom is 0.0894 e. The molecule has 3 aromatic rings. The highest BCUT2D eigenvalue weighted by molar-refractivity contribution is 5.85. The summed E-state index contributed by atoms with van der Waals surface area (Å²) in [6.45, 7) is 5.67. The number of para-hydroxylation sites is 4. The second kappa shape index (κ2) is 6.81. The summed E-state index contributed by atoms with van der Waals surface area (Å²) in [5, 5.41) is 0. The summed E-state index contributed by atoms with van der Waals surface area (Å²) in [7, 11) is 0. The van der Waals surface area contributed by atoms with Crippen LogP contribution in [0.25, 0.3) is 22.1 Å². The Bertz CT molecular complexity index is 545. The van der Waals surface area contributed by atoms with Gasteiger partial charge >= 0.3 is 0 Å². The molecule has 3 heteroatoms. The molecule has 0 amide bonds. The fraction of sp³-hybridized carbons (Fsp3) is 0.250. The molecule has 3 nitrogen and oxygen atoms in total. The van der Waals surface area contributed by atoms with Crippen molar-refractivity contribution in [2.75, 3.05) is 13.2 Å². The molecule has 0 atom stereocenters. The average molecular weight is 254 g/mol. The first-order chi connectivity index (χ1) is 9.35. The van der Waals surface area contributed by atoms with Crippen LogP contribution in [0.3, 0.4) is 0 Å². The number of ether oxygens (including phenoxy) is 1. The molecule has 1 heterocycles. The van der Waals surface area contributed by atoms with Crippen LogP contribution in [0.5, 0.6) is 0 Å². The van der Waals surface area contributed by atoms with E-state index in [1.807, 2.05) is 62.4 Å². The van der Waals surface area contributed by atoms with Crippen molar-refractivity contribution < 1.29 is 4.74 Å². The summed E-state index contributed by atoms with van der Waals surface area (Å²) in [5.41, 5.74) is 3.80. The fourth-order valence-electron chi connectivity index (χ4n) is 1.77. The van der Waals surface area contributed by atoms with Crippen molar-refractivity contribution in [3.05, 3.63) is 48.5 Å². The average Bonchev–Trinajstić information content (AvgIpc) is 2.46. The van der Waals surface area contributed by atoms with Crippen molar-refractivity contribution >= 4 is 22.1 Å². The lowest BCUT2D eigenvalue weighted by Crippen LogP contribution is -1.85. The topological polar surface area (TPSA) is 35.0 Å². The predicted molar refractivity (Wildman–Crippen MR) is 79.2 cm³/mol. The molecule has 1 aromatic heterocycles. The summed E-state index contributed by atoms with van der Waals surface area (Å²) >= 11 is 0. The van der Waals surface area contributed by atoms with Gasteiger partial charge in [-0.1, -0.05) is 24.3 Å². The third-order valence-corrected chi connectivity index (χ3v) is 2.65. The number of benzene rings is 2. The SMILES string of the molecule is CCOCC.c1ccc2nc3ccccc3nc2c1. The summed E-state index contributed by atoms with van der Waals surface area (Å²) in [6, 6.07) is 15.8. The number of aromatic nitrogens is 2. The second-order valence-electron chi connectivity index (χ2n) is 3.98. The molecule has 0 aliphatic heterocycles. The maximum absolute atomic E-state index is 4.83. The Labute approximate surface area is 113 Å². The van der Waals surface area contributed by atoms with Crippen LogP contribution < -0.4 is 0 Å².